The first-order chi connectivity index (χ1) is 16.8. The summed E-state index contributed by atoms with van der Waals surface area (Å²) in [6, 6.07) is 12.6. The van der Waals surface area contributed by atoms with E-state index in [1.54, 1.807) is 34.7 Å². The lowest BCUT2D eigenvalue weighted by atomic mass is 10.0. The Bertz CT molecular complexity index is 1530. The molecule has 4 heterocycles. The van der Waals surface area contributed by atoms with Crippen LogP contribution in [-0.2, 0) is 7.05 Å². The molecular weight excluding hydrogens is 480 g/mol. The van der Waals surface area contributed by atoms with Crippen LogP contribution in [0.2, 0.25) is 0 Å². The molecule has 35 heavy (non-hydrogen) atoms. The van der Waals surface area contributed by atoms with E-state index in [1.165, 1.54) is 30.5 Å². The molecule has 176 valence electrons. The van der Waals surface area contributed by atoms with Gasteiger partial charge in [0.25, 0.3) is 5.91 Å². The van der Waals surface area contributed by atoms with Gasteiger partial charge >= 0.3 is 5.57 Å². The minimum atomic E-state index is -3.82. The number of ether oxygens (including phenoxy) is 1. The van der Waals surface area contributed by atoms with Crippen LogP contribution >= 0.6 is 11.6 Å². The summed E-state index contributed by atoms with van der Waals surface area (Å²) in [4.78, 5) is 17.5. The summed E-state index contributed by atoms with van der Waals surface area (Å²) in [5.74, 6) is -0.575. The third-order valence-electron chi connectivity index (χ3n) is 5.16. The van der Waals surface area contributed by atoms with Crippen molar-refractivity contribution in [3.63, 3.8) is 0 Å². The quantitative estimate of drug-likeness (QED) is 0.345. The maximum Gasteiger partial charge on any atom is 0.487 e. The molecule has 4 aromatic heterocycles. The standard InChI is InChI=1S/C23H16ClF2N7O2/c1-32-19(8-9-29-32)21-18(14-2-7-20-31-28-13-33(20)12-14)10-15(11-27-21)22(34)30-16-3-5-17(6-4-16)35-23(24,25)26/h2-13H,1H3,(H,30,34). The fourth-order valence-corrected chi connectivity index (χ4v) is 3.64. The van der Waals surface area contributed by atoms with Gasteiger partial charge in [-0.25, -0.2) is 0 Å². The summed E-state index contributed by atoms with van der Waals surface area (Å²) in [6.07, 6.45) is 6.56. The Morgan fingerprint density at radius 3 is 2.66 bits per heavy atom. The summed E-state index contributed by atoms with van der Waals surface area (Å²) in [5.41, 5.74) is 0.421. The monoisotopic (exact) mass is 495 g/mol. The molecule has 5 rings (SSSR count). The van der Waals surface area contributed by atoms with Crippen molar-refractivity contribution < 1.29 is 18.3 Å². The Morgan fingerprint density at radius 2 is 1.94 bits per heavy atom. The number of hydrogen-bond acceptors (Lipinski definition) is 6. The van der Waals surface area contributed by atoms with Crippen LogP contribution in [0, 0.1) is 0 Å². The summed E-state index contributed by atoms with van der Waals surface area (Å²) in [7, 11) is 1.80. The SMILES string of the molecule is Cn1nccc1-c1ncc(C(=O)Nc2ccc(OC(F)(F)Cl)cc2)cc1-c1ccc2nncn2c1. The van der Waals surface area contributed by atoms with Crippen molar-refractivity contribution in [3.05, 3.63) is 79.0 Å². The number of carbonyl (C=O) groups is 1. The van der Waals surface area contributed by atoms with E-state index in [0.29, 0.717) is 28.2 Å². The van der Waals surface area contributed by atoms with E-state index >= 15 is 0 Å². The van der Waals surface area contributed by atoms with Crippen LogP contribution in [-0.4, -0.2) is 40.8 Å². The molecule has 0 fully saturated rings. The van der Waals surface area contributed by atoms with Crippen LogP contribution < -0.4 is 10.1 Å². The van der Waals surface area contributed by atoms with Crippen molar-refractivity contribution in [1.82, 2.24) is 29.4 Å². The minimum absolute atomic E-state index is 0.142. The fraction of sp³-hybridized carbons (Fsp3) is 0.0870. The Labute approximate surface area is 202 Å². The van der Waals surface area contributed by atoms with Crippen LogP contribution in [0.1, 0.15) is 10.4 Å². The first kappa shape index (κ1) is 22.4. The van der Waals surface area contributed by atoms with Crippen LogP contribution in [0.25, 0.3) is 28.2 Å². The number of nitrogens with zero attached hydrogens (tertiary/aromatic N) is 6. The molecule has 0 radical (unpaired) electrons. The number of pyridine rings is 2. The molecule has 0 aliphatic carbocycles. The number of amides is 1. The minimum Gasteiger partial charge on any atom is -0.420 e. The zero-order chi connectivity index (χ0) is 24.6. The number of aryl methyl sites for hydroxylation is 1. The molecule has 0 saturated carbocycles. The maximum atomic E-state index is 13.0. The lowest BCUT2D eigenvalue weighted by molar-refractivity contribution is -0.0964. The van der Waals surface area contributed by atoms with Gasteiger partial charge in [-0.3, -0.25) is 18.9 Å². The van der Waals surface area contributed by atoms with Crippen molar-refractivity contribution >= 4 is 28.8 Å². The fourth-order valence-electron chi connectivity index (χ4n) is 3.55. The molecule has 1 aromatic carbocycles. The summed E-state index contributed by atoms with van der Waals surface area (Å²) < 4.78 is 33.3. The normalized spacial score (nSPS) is 11.5. The molecule has 1 amide bonds. The van der Waals surface area contributed by atoms with Crippen LogP contribution in [0.15, 0.2) is 73.4 Å². The molecule has 0 aliphatic rings. The van der Waals surface area contributed by atoms with Gasteiger partial charge in [-0.1, -0.05) is 0 Å². The third kappa shape index (κ3) is 4.80. The smallest absolute Gasteiger partial charge is 0.420 e. The largest absolute Gasteiger partial charge is 0.487 e. The number of rotatable bonds is 6. The van der Waals surface area contributed by atoms with Gasteiger partial charge in [0.1, 0.15) is 12.1 Å². The highest BCUT2D eigenvalue weighted by Crippen LogP contribution is 2.31. The zero-order valence-electron chi connectivity index (χ0n) is 18.1. The van der Waals surface area contributed by atoms with Crippen LogP contribution in [0.4, 0.5) is 14.5 Å². The van der Waals surface area contributed by atoms with E-state index in [4.69, 9.17) is 11.6 Å². The van der Waals surface area contributed by atoms with Gasteiger partial charge in [0.15, 0.2) is 5.65 Å². The number of alkyl halides is 3. The van der Waals surface area contributed by atoms with Gasteiger partial charge < -0.3 is 10.1 Å². The number of carbonyl (C=O) groups excluding carboxylic acids is 1. The van der Waals surface area contributed by atoms with Crippen LogP contribution in [0.5, 0.6) is 5.75 Å². The van der Waals surface area contributed by atoms with Gasteiger partial charge in [0.2, 0.25) is 0 Å². The van der Waals surface area contributed by atoms with E-state index in [9.17, 15) is 13.6 Å². The average molecular weight is 496 g/mol. The lowest BCUT2D eigenvalue weighted by Crippen LogP contribution is -2.16. The van der Waals surface area contributed by atoms with E-state index in [1.807, 2.05) is 24.4 Å². The molecule has 0 atom stereocenters. The summed E-state index contributed by atoms with van der Waals surface area (Å²) in [5, 5.41) is 14.9. The highest BCUT2D eigenvalue weighted by molar-refractivity contribution is 6.20. The van der Waals surface area contributed by atoms with E-state index in [0.717, 1.165) is 11.3 Å². The number of hydrogen-bond donors (Lipinski definition) is 1. The number of fused-ring (bicyclic) bond motifs is 1. The molecule has 12 heteroatoms. The number of benzene rings is 1. The van der Waals surface area contributed by atoms with Crippen molar-refractivity contribution in [2.45, 2.75) is 5.57 Å². The predicted molar refractivity (Wildman–Crippen MR) is 124 cm³/mol. The van der Waals surface area contributed by atoms with Crippen molar-refractivity contribution in [2.24, 2.45) is 7.05 Å². The summed E-state index contributed by atoms with van der Waals surface area (Å²) in [6.45, 7) is 0. The van der Waals surface area contributed by atoms with Crippen molar-refractivity contribution in [3.8, 4) is 28.3 Å². The van der Waals surface area contributed by atoms with Gasteiger partial charge in [0.05, 0.1) is 17.0 Å². The number of anilines is 1. The topological polar surface area (TPSA) is 99.2 Å². The van der Waals surface area contributed by atoms with Gasteiger partial charge in [-0.05, 0) is 48.5 Å². The summed E-state index contributed by atoms with van der Waals surface area (Å²) >= 11 is 4.78. The Morgan fingerprint density at radius 1 is 1.14 bits per heavy atom. The van der Waals surface area contributed by atoms with E-state index < -0.39 is 11.5 Å². The average Bonchev–Trinajstić information content (AvgIpc) is 3.47. The van der Waals surface area contributed by atoms with Crippen molar-refractivity contribution in [1.29, 1.82) is 0 Å². The predicted octanol–water partition coefficient (Wildman–Crippen LogP) is 4.61. The first-order valence-electron chi connectivity index (χ1n) is 10.2. The van der Waals surface area contributed by atoms with E-state index in [2.05, 4.69) is 30.3 Å². The van der Waals surface area contributed by atoms with Gasteiger partial charge in [-0.15, -0.1) is 19.0 Å². The molecular formula is C23H16ClF2N7O2. The molecule has 9 nitrogen and oxygen atoms in total. The Hall–Kier alpha value is -4.38. The number of halogens is 3. The first-order valence-corrected chi connectivity index (χ1v) is 10.6. The molecule has 5 aromatic rings. The van der Waals surface area contributed by atoms with Gasteiger partial charge in [0, 0.05) is 54.1 Å². The number of aromatic nitrogens is 6. The molecule has 0 unspecified atom stereocenters. The Balaban J connectivity index is 1.48. The Kier molecular flexibility index (Phi) is 5.61. The number of nitrogens with one attached hydrogen (secondary N) is 1. The molecule has 0 bridgehead atoms. The zero-order valence-corrected chi connectivity index (χ0v) is 18.8. The van der Waals surface area contributed by atoms with Crippen LogP contribution in [0.3, 0.4) is 0 Å². The molecule has 0 saturated heterocycles. The second-order valence-corrected chi connectivity index (χ2v) is 7.94. The van der Waals surface area contributed by atoms with E-state index in [-0.39, 0.29) is 5.75 Å². The molecule has 0 aliphatic heterocycles. The second-order valence-electron chi connectivity index (χ2n) is 7.50. The van der Waals surface area contributed by atoms with Crippen molar-refractivity contribution in [2.75, 3.05) is 5.32 Å². The lowest BCUT2D eigenvalue weighted by Gasteiger charge is -2.13. The second kappa shape index (κ2) is 8.76. The maximum absolute atomic E-state index is 13.0. The highest BCUT2D eigenvalue weighted by atomic mass is 35.5. The molecule has 0 spiro atoms. The highest BCUT2D eigenvalue weighted by Gasteiger charge is 2.27. The molecule has 1 N–H and O–H groups in total. The van der Waals surface area contributed by atoms with Gasteiger partial charge in [-0.2, -0.15) is 5.10 Å². The third-order valence-corrected chi connectivity index (χ3v) is 5.24.